The Labute approximate surface area is 161 Å². The highest BCUT2D eigenvalue weighted by Gasteiger charge is 2.34. The first-order valence-corrected chi connectivity index (χ1v) is 9.18. The zero-order valence-electron chi connectivity index (χ0n) is 15.2. The lowest BCUT2D eigenvalue weighted by Gasteiger charge is -2.38. The van der Waals surface area contributed by atoms with Crippen LogP contribution >= 0.6 is 0 Å². The summed E-state index contributed by atoms with van der Waals surface area (Å²) in [6.07, 6.45) is 4.68. The van der Waals surface area contributed by atoms with Crippen LogP contribution in [0.5, 0.6) is 0 Å². The molecule has 0 radical (unpaired) electrons. The quantitative estimate of drug-likeness (QED) is 0.522. The highest BCUT2D eigenvalue weighted by molar-refractivity contribution is 5.99. The number of anilines is 1. The van der Waals surface area contributed by atoms with E-state index < -0.39 is 4.92 Å². The number of nitrogens with zero attached hydrogens (tertiary/aromatic N) is 2. The average Bonchev–Trinajstić information content (AvgIpc) is 2.72. The maximum atomic E-state index is 13.9. The number of non-ortho nitro benzene ring substituents is 1. The first-order chi connectivity index (χ1) is 13.6. The number of rotatable bonds is 5. The van der Waals surface area contributed by atoms with Crippen molar-refractivity contribution in [3.05, 3.63) is 76.4 Å². The van der Waals surface area contributed by atoms with Crippen LogP contribution in [0.4, 0.5) is 15.8 Å². The van der Waals surface area contributed by atoms with E-state index in [0.29, 0.717) is 25.1 Å². The molecule has 28 heavy (non-hydrogen) atoms. The Morgan fingerprint density at radius 1 is 1.18 bits per heavy atom. The minimum atomic E-state index is -0.402. The third-order valence-corrected chi connectivity index (χ3v) is 5.50. The molecule has 4 rings (SSSR count). The van der Waals surface area contributed by atoms with Crippen LogP contribution in [0.2, 0.25) is 0 Å². The molecular weight excluding hydrogens is 361 g/mol. The molecule has 1 aliphatic heterocycles. The smallest absolute Gasteiger partial charge is 0.278 e. The maximum absolute atomic E-state index is 13.9. The fourth-order valence-corrected chi connectivity index (χ4v) is 3.90. The van der Waals surface area contributed by atoms with Crippen molar-refractivity contribution in [3.63, 3.8) is 0 Å². The molecule has 0 aliphatic carbocycles. The number of fused-ring (bicyclic) bond motifs is 1. The van der Waals surface area contributed by atoms with E-state index >= 15 is 0 Å². The summed E-state index contributed by atoms with van der Waals surface area (Å²) in [5.74, 6) is -0.254. The number of hydrogen-bond acceptors (Lipinski definition) is 5. The van der Waals surface area contributed by atoms with Gasteiger partial charge in [-0.2, -0.15) is 0 Å². The van der Waals surface area contributed by atoms with Gasteiger partial charge in [-0.3, -0.25) is 15.1 Å². The number of benzene rings is 2. The van der Waals surface area contributed by atoms with Crippen molar-refractivity contribution in [3.8, 4) is 0 Å². The zero-order chi connectivity index (χ0) is 19.6. The van der Waals surface area contributed by atoms with Gasteiger partial charge >= 0.3 is 0 Å². The summed E-state index contributed by atoms with van der Waals surface area (Å²) < 4.78 is 19.4. The van der Waals surface area contributed by atoms with Gasteiger partial charge in [0, 0.05) is 54.7 Å². The molecule has 6 nitrogen and oxygen atoms in total. The maximum Gasteiger partial charge on any atom is 0.278 e. The standard InChI is InChI=1S/C21H20FN3O3/c22-16-3-1-2-15(12-16)21(7-10-28-11-8-21)14-24-19-4-5-20(25(26)27)18-13-23-9-6-17(18)19/h1-6,9,12-13,24H,7-8,10-11,14H2. The lowest BCUT2D eigenvalue weighted by molar-refractivity contribution is -0.383. The molecule has 7 heteroatoms. The van der Waals surface area contributed by atoms with Crippen molar-refractivity contribution in [2.24, 2.45) is 0 Å². The molecule has 144 valence electrons. The fourth-order valence-electron chi connectivity index (χ4n) is 3.90. The van der Waals surface area contributed by atoms with E-state index in [4.69, 9.17) is 4.74 Å². The van der Waals surface area contributed by atoms with Crippen LogP contribution in [0, 0.1) is 15.9 Å². The molecule has 2 heterocycles. The Hall–Kier alpha value is -3.06. The highest BCUT2D eigenvalue weighted by atomic mass is 19.1. The van der Waals surface area contributed by atoms with Crippen molar-refractivity contribution >= 4 is 22.1 Å². The Balaban J connectivity index is 1.69. The predicted molar refractivity (Wildman–Crippen MR) is 105 cm³/mol. The van der Waals surface area contributed by atoms with Gasteiger partial charge in [-0.15, -0.1) is 0 Å². The van der Waals surface area contributed by atoms with E-state index in [2.05, 4.69) is 10.3 Å². The van der Waals surface area contributed by atoms with Gasteiger partial charge in [0.05, 0.1) is 10.3 Å². The summed E-state index contributed by atoms with van der Waals surface area (Å²) in [6, 6.07) is 11.7. The Kier molecular flexibility index (Phi) is 4.92. The summed E-state index contributed by atoms with van der Waals surface area (Å²) in [5.41, 5.74) is 1.50. The van der Waals surface area contributed by atoms with Crippen LogP contribution < -0.4 is 5.32 Å². The van der Waals surface area contributed by atoms with E-state index in [1.165, 1.54) is 18.3 Å². The van der Waals surface area contributed by atoms with Crippen molar-refractivity contribution in [2.45, 2.75) is 18.3 Å². The van der Waals surface area contributed by atoms with Crippen LogP contribution in [0.3, 0.4) is 0 Å². The van der Waals surface area contributed by atoms with Gasteiger partial charge in [-0.1, -0.05) is 12.1 Å². The second-order valence-electron chi connectivity index (χ2n) is 7.07. The molecule has 0 unspecified atom stereocenters. The van der Waals surface area contributed by atoms with Crippen LogP contribution in [0.25, 0.3) is 10.8 Å². The van der Waals surface area contributed by atoms with Gasteiger partial charge in [-0.05, 0) is 42.7 Å². The molecule has 0 saturated carbocycles. The van der Waals surface area contributed by atoms with Gasteiger partial charge in [0.2, 0.25) is 0 Å². The Bertz CT molecular complexity index is 1020. The molecule has 0 atom stereocenters. The van der Waals surface area contributed by atoms with Gasteiger partial charge in [0.1, 0.15) is 5.82 Å². The molecule has 1 aromatic heterocycles. The summed E-state index contributed by atoms with van der Waals surface area (Å²) in [7, 11) is 0. The monoisotopic (exact) mass is 381 g/mol. The number of nitro benzene ring substituents is 1. The first-order valence-electron chi connectivity index (χ1n) is 9.18. The summed E-state index contributed by atoms with van der Waals surface area (Å²) in [4.78, 5) is 14.9. The number of pyridine rings is 1. The lowest BCUT2D eigenvalue weighted by atomic mass is 9.74. The number of nitrogens with one attached hydrogen (secondary N) is 1. The number of aromatic nitrogens is 1. The molecule has 2 aromatic carbocycles. The van der Waals surface area contributed by atoms with Crippen molar-refractivity contribution in [1.82, 2.24) is 4.98 Å². The van der Waals surface area contributed by atoms with Crippen LogP contribution in [0.1, 0.15) is 18.4 Å². The average molecular weight is 381 g/mol. The van der Waals surface area contributed by atoms with Crippen LogP contribution in [-0.2, 0) is 10.2 Å². The third-order valence-electron chi connectivity index (χ3n) is 5.50. The van der Waals surface area contributed by atoms with E-state index in [1.54, 1.807) is 30.5 Å². The van der Waals surface area contributed by atoms with Crippen LogP contribution in [0.15, 0.2) is 54.9 Å². The molecule has 0 spiro atoms. The molecule has 0 bridgehead atoms. The second kappa shape index (κ2) is 7.52. The highest BCUT2D eigenvalue weighted by Crippen LogP contribution is 2.37. The normalized spacial score (nSPS) is 16.0. The van der Waals surface area contributed by atoms with Crippen molar-refractivity contribution in [1.29, 1.82) is 0 Å². The van der Waals surface area contributed by atoms with Gasteiger partial charge < -0.3 is 10.1 Å². The topological polar surface area (TPSA) is 77.3 Å². The van der Waals surface area contributed by atoms with Gasteiger partial charge in [0.25, 0.3) is 5.69 Å². The van der Waals surface area contributed by atoms with Crippen LogP contribution in [-0.4, -0.2) is 29.7 Å². The van der Waals surface area contributed by atoms with Gasteiger partial charge in [-0.25, -0.2) is 4.39 Å². The minimum absolute atomic E-state index is 0.0274. The summed E-state index contributed by atoms with van der Waals surface area (Å²) in [5, 5.41) is 16.0. The number of halogens is 1. The molecular formula is C21H20FN3O3. The second-order valence-corrected chi connectivity index (χ2v) is 7.07. The molecule has 3 aromatic rings. The van der Waals surface area contributed by atoms with E-state index in [1.807, 2.05) is 6.07 Å². The lowest BCUT2D eigenvalue weighted by Crippen LogP contribution is -2.40. The zero-order valence-corrected chi connectivity index (χ0v) is 15.2. The number of ether oxygens (including phenoxy) is 1. The minimum Gasteiger partial charge on any atom is -0.384 e. The van der Waals surface area contributed by atoms with E-state index in [-0.39, 0.29) is 16.9 Å². The molecule has 1 N–H and O–H groups in total. The summed E-state index contributed by atoms with van der Waals surface area (Å²) in [6.45, 7) is 1.81. The van der Waals surface area contributed by atoms with E-state index in [9.17, 15) is 14.5 Å². The largest absolute Gasteiger partial charge is 0.384 e. The number of hydrogen-bond donors (Lipinski definition) is 1. The Morgan fingerprint density at radius 3 is 2.75 bits per heavy atom. The number of nitro groups is 1. The first kappa shape index (κ1) is 18.3. The molecule has 1 fully saturated rings. The van der Waals surface area contributed by atoms with Crippen molar-refractivity contribution < 1.29 is 14.1 Å². The molecule has 0 amide bonds. The predicted octanol–water partition coefficient (Wildman–Crippen LogP) is 4.44. The Morgan fingerprint density at radius 2 is 2.00 bits per heavy atom. The third kappa shape index (κ3) is 3.41. The molecule has 1 aliphatic rings. The SMILES string of the molecule is O=[N+]([O-])c1ccc(NCC2(c3cccc(F)c3)CCOCC2)c2ccncc12. The van der Waals surface area contributed by atoms with Crippen molar-refractivity contribution in [2.75, 3.05) is 25.1 Å². The summed E-state index contributed by atoms with van der Waals surface area (Å²) >= 11 is 0. The van der Waals surface area contributed by atoms with E-state index in [0.717, 1.165) is 29.5 Å². The van der Waals surface area contributed by atoms with Gasteiger partial charge in [0.15, 0.2) is 0 Å². The fraction of sp³-hybridized carbons (Fsp3) is 0.286. The molecule has 1 saturated heterocycles.